The highest BCUT2D eigenvalue weighted by Crippen LogP contribution is 2.35. The van der Waals surface area contributed by atoms with Gasteiger partial charge < -0.3 is 19.5 Å². The number of nitrogens with one attached hydrogen (secondary N) is 2. The van der Waals surface area contributed by atoms with Gasteiger partial charge in [0.25, 0.3) is 5.91 Å². The van der Waals surface area contributed by atoms with Crippen LogP contribution in [-0.2, 0) is 19.1 Å². The van der Waals surface area contributed by atoms with Crippen LogP contribution in [0.5, 0.6) is 11.5 Å². The molecule has 0 fully saturated rings. The zero-order valence-corrected chi connectivity index (χ0v) is 19.6. The number of rotatable bonds is 9. The van der Waals surface area contributed by atoms with Crippen LogP contribution in [0.15, 0.2) is 59.6 Å². The van der Waals surface area contributed by atoms with E-state index in [2.05, 4.69) is 15.6 Å². The fraction of sp³-hybridized carbons (Fsp3) is 0.167. The summed E-state index contributed by atoms with van der Waals surface area (Å²) < 4.78 is 15.7. The van der Waals surface area contributed by atoms with Crippen LogP contribution in [-0.4, -0.2) is 43.6 Å². The number of carbonyl (C=O) groups is 3. The van der Waals surface area contributed by atoms with Crippen LogP contribution in [0.2, 0.25) is 0 Å². The Morgan fingerprint density at radius 3 is 2.50 bits per heavy atom. The van der Waals surface area contributed by atoms with Gasteiger partial charge >= 0.3 is 5.97 Å². The first kappa shape index (κ1) is 24.5. The number of hydrogen-bond donors (Lipinski definition) is 2. The molecule has 0 aliphatic carbocycles. The van der Waals surface area contributed by atoms with E-state index in [-0.39, 0.29) is 5.70 Å². The maximum atomic E-state index is 12.4. The molecule has 2 amide bonds. The summed E-state index contributed by atoms with van der Waals surface area (Å²) in [4.78, 5) is 40.6. The number of benzene rings is 2. The van der Waals surface area contributed by atoms with Crippen LogP contribution in [0, 0.1) is 0 Å². The average molecular weight is 482 g/mol. The summed E-state index contributed by atoms with van der Waals surface area (Å²) in [5, 5.41) is 7.10. The second-order valence-corrected chi connectivity index (χ2v) is 7.74. The summed E-state index contributed by atoms with van der Waals surface area (Å²) in [7, 11) is 3.11. The number of carbonyl (C=O) groups excluding carboxylic acids is 3. The molecule has 3 rings (SSSR count). The molecule has 1 aromatic heterocycles. The minimum atomic E-state index is -0.838. The van der Waals surface area contributed by atoms with Crippen LogP contribution in [0.1, 0.15) is 12.5 Å². The van der Waals surface area contributed by atoms with E-state index in [1.807, 2.05) is 6.07 Å². The molecule has 0 unspecified atom stereocenters. The monoisotopic (exact) mass is 481 g/mol. The van der Waals surface area contributed by atoms with Crippen molar-refractivity contribution in [3.63, 3.8) is 0 Å². The Morgan fingerprint density at radius 1 is 1.06 bits per heavy atom. The van der Waals surface area contributed by atoms with Gasteiger partial charge in [-0.3, -0.25) is 14.9 Å². The predicted molar refractivity (Wildman–Crippen MR) is 128 cm³/mol. The van der Waals surface area contributed by atoms with E-state index in [9.17, 15) is 14.4 Å². The molecule has 1 heterocycles. The average Bonchev–Trinajstić information content (AvgIpc) is 3.30. The van der Waals surface area contributed by atoms with Crippen LogP contribution < -0.4 is 20.1 Å². The molecule has 0 radical (unpaired) electrons. The first-order valence-electron chi connectivity index (χ1n) is 10.1. The molecular weight excluding hydrogens is 458 g/mol. The number of amides is 2. The van der Waals surface area contributed by atoms with Crippen molar-refractivity contribution < 1.29 is 28.6 Å². The van der Waals surface area contributed by atoms with E-state index in [0.717, 1.165) is 0 Å². The molecule has 0 saturated heterocycles. The van der Waals surface area contributed by atoms with Gasteiger partial charge in [-0.25, -0.2) is 9.78 Å². The number of methoxy groups -OCH3 is 2. The number of ether oxygens (including phenoxy) is 3. The van der Waals surface area contributed by atoms with Crippen LogP contribution >= 0.6 is 11.3 Å². The third-order valence-corrected chi connectivity index (χ3v) is 5.17. The van der Waals surface area contributed by atoms with E-state index in [1.54, 1.807) is 62.1 Å². The summed E-state index contributed by atoms with van der Waals surface area (Å²) in [6.45, 7) is 0.720. The zero-order chi connectivity index (χ0) is 24.5. The lowest BCUT2D eigenvalue weighted by Gasteiger charge is -2.09. The van der Waals surface area contributed by atoms with E-state index in [4.69, 9.17) is 14.2 Å². The molecule has 9 nitrogen and oxygen atoms in total. The Kier molecular flexibility index (Phi) is 8.36. The van der Waals surface area contributed by atoms with Gasteiger partial charge in [-0.15, -0.1) is 11.3 Å². The van der Waals surface area contributed by atoms with Crippen LogP contribution in [0.25, 0.3) is 17.3 Å². The molecule has 0 atom stereocenters. The van der Waals surface area contributed by atoms with E-state index < -0.39 is 24.4 Å². The van der Waals surface area contributed by atoms with Gasteiger partial charge in [-0.05, 0) is 29.8 Å². The lowest BCUT2D eigenvalue weighted by Crippen LogP contribution is -2.28. The van der Waals surface area contributed by atoms with Crippen molar-refractivity contribution in [1.82, 2.24) is 10.3 Å². The molecule has 0 saturated carbocycles. The Balaban J connectivity index is 1.64. The fourth-order valence-electron chi connectivity index (χ4n) is 2.88. The Labute approximate surface area is 200 Å². The second kappa shape index (κ2) is 11.6. The minimum absolute atomic E-state index is 0.0758. The van der Waals surface area contributed by atoms with Crippen molar-refractivity contribution >= 4 is 40.3 Å². The highest BCUT2D eigenvalue weighted by molar-refractivity contribution is 7.14. The highest BCUT2D eigenvalue weighted by atomic mass is 32.1. The number of anilines is 1. The summed E-state index contributed by atoms with van der Waals surface area (Å²) in [5.41, 5.74) is 1.91. The zero-order valence-electron chi connectivity index (χ0n) is 18.8. The maximum absolute atomic E-state index is 12.4. The molecule has 176 valence electrons. The highest BCUT2D eigenvalue weighted by Gasteiger charge is 2.17. The van der Waals surface area contributed by atoms with Gasteiger partial charge in [0.15, 0.2) is 11.7 Å². The van der Waals surface area contributed by atoms with Crippen molar-refractivity contribution in [2.45, 2.75) is 6.92 Å². The standard InChI is InChI=1S/C24H23N3O6S/c1-15(28)25-19(11-16-7-5-4-6-8-16)23(30)33-13-22(29)27-24-26-20(14-34-24)18-12-17(31-2)9-10-21(18)32-3/h4-12,14H,13H2,1-3H3,(H,25,28)(H,26,27,29)/b19-11-. The molecule has 0 bridgehead atoms. The number of thiazole rings is 1. The van der Waals surface area contributed by atoms with Gasteiger partial charge in [0.1, 0.15) is 17.2 Å². The van der Waals surface area contributed by atoms with Gasteiger partial charge in [-0.1, -0.05) is 30.3 Å². The molecule has 2 N–H and O–H groups in total. The van der Waals surface area contributed by atoms with Crippen LogP contribution in [0.4, 0.5) is 5.13 Å². The van der Waals surface area contributed by atoms with E-state index >= 15 is 0 Å². The molecule has 0 aliphatic heterocycles. The number of hydrogen-bond acceptors (Lipinski definition) is 8. The van der Waals surface area contributed by atoms with Gasteiger partial charge in [0, 0.05) is 17.9 Å². The number of esters is 1. The summed E-state index contributed by atoms with van der Waals surface area (Å²) in [6.07, 6.45) is 1.47. The topological polar surface area (TPSA) is 116 Å². The summed E-state index contributed by atoms with van der Waals surface area (Å²) >= 11 is 1.21. The third kappa shape index (κ3) is 6.66. The Bertz CT molecular complexity index is 1210. The van der Waals surface area contributed by atoms with E-state index in [0.29, 0.717) is 33.5 Å². The van der Waals surface area contributed by atoms with Crippen molar-refractivity contribution in [1.29, 1.82) is 0 Å². The predicted octanol–water partition coefficient (Wildman–Crippen LogP) is 3.49. The quantitative estimate of drug-likeness (QED) is 0.355. The van der Waals surface area contributed by atoms with Crippen molar-refractivity contribution in [2.24, 2.45) is 0 Å². The normalized spacial score (nSPS) is 10.9. The first-order valence-corrected chi connectivity index (χ1v) is 11.0. The molecular formula is C24H23N3O6S. The molecule has 2 aromatic carbocycles. The molecule has 10 heteroatoms. The van der Waals surface area contributed by atoms with Gasteiger partial charge in [0.05, 0.1) is 19.9 Å². The maximum Gasteiger partial charge on any atom is 0.355 e. The Morgan fingerprint density at radius 2 is 1.82 bits per heavy atom. The molecule has 0 aliphatic rings. The molecule has 34 heavy (non-hydrogen) atoms. The third-order valence-electron chi connectivity index (χ3n) is 4.41. The Hall–Kier alpha value is -4.18. The van der Waals surface area contributed by atoms with Crippen molar-refractivity contribution in [3.8, 4) is 22.8 Å². The SMILES string of the molecule is COc1ccc(OC)c(-c2csc(NC(=O)COC(=O)/C(=C/c3ccccc3)NC(C)=O)n2)c1. The fourth-order valence-corrected chi connectivity index (χ4v) is 3.61. The minimum Gasteiger partial charge on any atom is -0.497 e. The molecule has 0 spiro atoms. The smallest absolute Gasteiger partial charge is 0.355 e. The van der Waals surface area contributed by atoms with E-state index in [1.165, 1.54) is 24.3 Å². The second-order valence-electron chi connectivity index (χ2n) is 6.88. The number of aromatic nitrogens is 1. The lowest BCUT2D eigenvalue weighted by molar-refractivity contribution is -0.144. The van der Waals surface area contributed by atoms with Crippen LogP contribution in [0.3, 0.4) is 0 Å². The van der Waals surface area contributed by atoms with Crippen molar-refractivity contribution in [3.05, 3.63) is 65.2 Å². The molecule has 3 aromatic rings. The van der Waals surface area contributed by atoms with Gasteiger partial charge in [-0.2, -0.15) is 0 Å². The first-order chi connectivity index (χ1) is 16.4. The summed E-state index contributed by atoms with van der Waals surface area (Å²) in [6, 6.07) is 14.3. The van der Waals surface area contributed by atoms with Crippen molar-refractivity contribution in [2.75, 3.05) is 26.1 Å². The number of nitrogens with zero attached hydrogens (tertiary/aromatic N) is 1. The lowest BCUT2D eigenvalue weighted by atomic mass is 10.1. The summed E-state index contributed by atoms with van der Waals surface area (Å²) in [5.74, 6) is -0.607. The largest absolute Gasteiger partial charge is 0.497 e. The van der Waals surface area contributed by atoms with Gasteiger partial charge in [0.2, 0.25) is 5.91 Å².